The van der Waals surface area contributed by atoms with E-state index in [1.807, 2.05) is 13.8 Å². The number of carbonyl (C=O) groups is 1. The third kappa shape index (κ3) is 0.904. The highest BCUT2D eigenvalue weighted by atomic mass is 16.4. The highest BCUT2D eigenvalue weighted by molar-refractivity contribution is 5.82. The minimum Gasteiger partial charge on any atom is -0.480 e. The molecule has 1 aliphatic carbocycles. The Balaban J connectivity index is 2.56. The van der Waals surface area contributed by atoms with E-state index in [0.717, 1.165) is 0 Å². The smallest absolute Gasteiger partial charge is 0.323 e. The van der Waals surface area contributed by atoms with Crippen LogP contribution >= 0.6 is 0 Å². The summed E-state index contributed by atoms with van der Waals surface area (Å²) in [5, 5.41) is 8.61. The lowest BCUT2D eigenvalue weighted by atomic mass is 10.1. The number of carboxylic acid groups (broad SMARTS) is 1. The van der Waals surface area contributed by atoms with Gasteiger partial charge in [0, 0.05) is 0 Å². The van der Waals surface area contributed by atoms with E-state index >= 15 is 0 Å². The molecule has 1 rings (SSSR count). The standard InChI is InChI=1S/C7H13NO2/c1-4(2)5-3-7(5,8)6(9)10/h4-5H,3,8H2,1-2H3,(H,9,10). The third-order valence-corrected chi connectivity index (χ3v) is 2.26. The van der Waals surface area contributed by atoms with E-state index in [9.17, 15) is 4.79 Å². The van der Waals surface area contributed by atoms with Crippen LogP contribution in [-0.4, -0.2) is 16.6 Å². The fourth-order valence-corrected chi connectivity index (χ4v) is 1.38. The molecule has 1 saturated carbocycles. The Bertz CT molecular complexity index is 167. The van der Waals surface area contributed by atoms with Gasteiger partial charge in [-0.1, -0.05) is 13.8 Å². The molecule has 0 spiro atoms. The van der Waals surface area contributed by atoms with Crippen molar-refractivity contribution in [1.29, 1.82) is 0 Å². The van der Waals surface area contributed by atoms with Gasteiger partial charge in [-0.25, -0.2) is 0 Å². The summed E-state index contributed by atoms with van der Waals surface area (Å²) < 4.78 is 0. The number of hydrogen-bond donors (Lipinski definition) is 2. The Morgan fingerprint density at radius 1 is 1.80 bits per heavy atom. The first-order chi connectivity index (χ1) is 4.48. The van der Waals surface area contributed by atoms with Crippen LogP contribution in [-0.2, 0) is 4.79 Å². The Hall–Kier alpha value is -0.570. The highest BCUT2D eigenvalue weighted by Crippen LogP contribution is 2.46. The molecule has 0 heterocycles. The van der Waals surface area contributed by atoms with Gasteiger partial charge in [-0.3, -0.25) is 4.79 Å². The topological polar surface area (TPSA) is 63.3 Å². The Morgan fingerprint density at radius 2 is 2.30 bits per heavy atom. The van der Waals surface area contributed by atoms with Gasteiger partial charge in [-0.05, 0) is 18.3 Å². The van der Waals surface area contributed by atoms with Crippen LogP contribution in [0.1, 0.15) is 20.3 Å². The molecule has 3 N–H and O–H groups in total. The summed E-state index contributed by atoms with van der Waals surface area (Å²) in [5.41, 5.74) is 4.64. The zero-order valence-corrected chi connectivity index (χ0v) is 6.29. The number of aliphatic carboxylic acids is 1. The fourth-order valence-electron chi connectivity index (χ4n) is 1.38. The van der Waals surface area contributed by atoms with Crippen LogP contribution in [0, 0.1) is 11.8 Å². The number of carboxylic acids is 1. The molecule has 0 radical (unpaired) electrons. The van der Waals surface area contributed by atoms with E-state index < -0.39 is 11.5 Å². The number of rotatable bonds is 2. The molecule has 2 atom stereocenters. The summed E-state index contributed by atoms with van der Waals surface area (Å²) in [6, 6.07) is 0. The average Bonchev–Trinajstić information content (AvgIpc) is 2.43. The molecule has 0 amide bonds. The van der Waals surface area contributed by atoms with Gasteiger partial charge in [0.1, 0.15) is 5.54 Å². The molecule has 58 valence electrons. The van der Waals surface area contributed by atoms with Crippen molar-refractivity contribution in [3.63, 3.8) is 0 Å². The second-order valence-corrected chi connectivity index (χ2v) is 3.40. The molecule has 1 fully saturated rings. The number of nitrogens with two attached hydrogens (primary N) is 1. The Labute approximate surface area is 60.2 Å². The zero-order chi connectivity index (χ0) is 7.94. The van der Waals surface area contributed by atoms with E-state index in [0.29, 0.717) is 12.3 Å². The van der Waals surface area contributed by atoms with Gasteiger partial charge in [0.25, 0.3) is 0 Å². The highest BCUT2D eigenvalue weighted by Gasteiger charge is 2.58. The van der Waals surface area contributed by atoms with Crippen molar-refractivity contribution >= 4 is 5.97 Å². The predicted octanol–water partition coefficient (Wildman–Crippen LogP) is 0.444. The quantitative estimate of drug-likeness (QED) is 0.589. The van der Waals surface area contributed by atoms with Gasteiger partial charge in [0.05, 0.1) is 0 Å². The zero-order valence-electron chi connectivity index (χ0n) is 6.29. The van der Waals surface area contributed by atoms with E-state index in [1.54, 1.807) is 0 Å². The second kappa shape index (κ2) is 1.95. The minimum atomic E-state index is -0.895. The van der Waals surface area contributed by atoms with Crippen molar-refractivity contribution in [2.24, 2.45) is 17.6 Å². The molecule has 0 aromatic rings. The molecule has 3 nitrogen and oxygen atoms in total. The average molecular weight is 143 g/mol. The molecule has 0 aromatic carbocycles. The molecular weight excluding hydrogens is 130 g/mol. The molecule has 0 aromatic heterocycles. The van der Waals surface area contributed by atoms with Crippen LogP contribution in [0.25, 0.3) is 0 Å². The van der Waals surface area contributed by atoms with Crippen LogP contribution < -0.4 is 5.73 Å². The molecule has 0 aliphatic heterocycles. The van der Waals surface area contributed by atoms with Gasteiger partial charge < -0.3 is 10.8 Å². The maximum Gasteiger partial charge on any atom is 0.323 e. The van der Waals surface area contributed by atoms with Crippen LogP contribution in [0.15, 0.2) is 0 Å². The van der Waals surface area contributed by atoms with E-state index in [2.05, 4.69) is 0 Å². The SMILES string of the molecule is CC(C)C1CC1(N)C(=O)O. The lowest BCUT2D eigenvalue weighted by molar-refractivity contribution is -0.140. The van der Waals surface area contributed by atoms with Crippen molar-refractivity contribution in [1.82, 2.24) is 0 Å². The molecule has 1 aliphatic rings. The summed E-state index contributed by atoms with van der Waals surface area (Å²) in [6.45, 7) is 4.00. The fraction of sp³-hybridized carbons (Fsp3) is 0.857. The van der Waals surface area contributed by atoms with Gasteiger partial charge in [-0.2, -0.15) is 0 Å². The van der Waals surface area contributed by atoms with Crippen molar-refractivity contribution in [3.05, 3.63) is 0 Å². The van der Waals surface area contributed by atoms with Gasteiger partial charge in [-0.15, -0.1) is 0 Å². The summed E-state index contributed by atoms with van der Waals surface area (Å²) in [7, 11) is 0. The van der Waals surface area contributed by atoms with Crippen molar-refractivity contribution in [2.75, 3.05) is 0 Å². The Morgan fingerprint density at radius 3 is 2.40 bits per heavy atom. The van der Waals surface area contributed by atoms with E-state index in [1.165, 1.54) is 0 Å². The van der Waals surface area contributed by atoms with Crippen molar-refractivity contribution < 1.29 is 9.90 Å². The van der Waals surface area contributed by atoms with Crippen LogP contribution in [0.3, 0.4) is 0 Å². The Kier molecular flexibility index (Phi) is 1.47. The monoisotopic (exact) mass is 143 g/mol. The first-order valence-corrected chi connectivity index (χ1v) is 3.50. The number of hydrogen-bond acceptors (Lipinski definition) is 2. The molecule has 2 unspecified atom stereocenters. The van der Waals surface area contributed by atoms with Crippen LogP contribution in [0.2, 0.25) is 0 Å². The van der Waals surface area contributed by atoms with Crippen molar-refractivity contribution in [3.8, 4) is 0 Å². The van der Waals surface area contributed by atoms with Gasteiger partial charge >= 0.3 is 5.97 Å². The van der Waals surface area contributed by atoms with E-state index in [4.69, 9.17) is 10.8 Å². The molecule has 3 heteroatoms. The van der Waals surface area contributed by atoms with Crippen molar-refractivity contribution in [2.45, 2.75) is 25.8 Å². The summed E-state index contributed by atoms with van der Waals surface area (Å²) >= 11 is 0. The largest absolute Gasteiger partial charge is 0.480 e. The molecule has 10 heavy (non-hydrogen) atoms. The third-order valence-electron chi connectivity index (χ3n) is 2.26. The first kappa shape index (κ1) is 7.54. The lowest BCUT2D eigenvalue weighted by Crippen LogP contribution is -2.36. The normalized spacial score (nSPS) is 38.2. The van der Waals surface area contributed by atoms with Gasteiger partial charge in [0.15, 0.2) is 0 Å². The molecule has 0 saturated heterocycles. The maximum absolute atomic E-state index is 10.5. The summed E-state index contributed by atoms with van der Waals surface area (Å²) in [5.74, 6) is -0.280. The minimum absolute atomic E-state index is 0.185. The van der Waals surface area contributed by atoms with Crippen LogP contribution in [0.5, 0.6) is 0 Å². The maximum atomic E-state index is 10.5. The second-order valence-electron chi connectivity index (χ2n) is 3.40. The van der Waals surface area contributed by atoms with Crippen LogP contribution in [0.4, 0.5) is 0 Å². The van der Waals surface area contributed by atoms with E-state index in [-0.39, 0.29) is 5.92 Å². The molecular formula is C7H13NO2. The summed E-state index contributed by atoms with van der Waals surface area (Å²) in [6.07, 6.45) is 0.639. The summed E-state index contributed by atoms with van der Waals surface area (Å²) in [4.78, 5) is 10.5. The van der Waals surface area contributed by atoms with Gasteiger partial charge in [0.2, 0.25) is 0 Å². The molecule has 0 bridgehead atoms. The first-order valence-electron chi connectivity index (χ1n) is 3.50. The lowest BCUT2D eigenvalue weighted by Gasteiger charge is -2.06. The predicted molar refractivity (Wildman–Crippen MR) is 37.5 cm³/mol.